The number of aryl methyl sites for hydroxylation is 1. The topological polar surface area (TPSA) is 17.8 Å². The van der Waals surface area contributed by atoms with Crippen molar-refractivity contribution in [3.8, 4) is 0 Å². The zero-order valence-corrected chi connectivity index (χ0v) is 14.0. The zero-order chi connectivity index (χ0) is 14.1. The lowest BCUT2D eigenvalue weighted by Gasteiger charge is -2.25. The summed E-state index contributed by atoms with van der Waals surface area (Å²) in [5.41, 5.74) is 1.99. The highest BCUT2D eigenvalue weighted by Crippen LogP contribution is 2.34. The van der Waals surface area contributed by atoms with E-state index in [4.69, 9.17) is 39.8 Å². The summed E-state index contributed by atoms with van der Waals surface area (Å²) in [6.45, 7) is 0. The number of aromatic nitrogens is 2. The fraction of sp³-hybridized carbons (Fsp3) is 0.500. The molecule has 6 heteroatoms. The smallest absolute Gasteiger partial charge is 0.111 e. The predicted molar refractivity (Wildman–Crippen MR) is 89.8 cm³/mol. The minimum atomic E-state index is 0.481. The highest BCUT2D eigenvalue weighted by Gasteiger charge is 2.22. The first kappa shape index (κ1) is 14.8. The molecule has 2 aromatic rings. The summed E-state index contributed by atoms with van der Waals surface area (Å²) in [7, 11) is 0. The number of hydrogen-bond acceptors (Lipinski definition) is 2. The maximum absolute atomic E-state index is 6.18. The molecule has 1 aliphatic heterocycles. The standard InChI is InChI=1S/C14H15Cl3N2S/c15-4-3-14-18-12-6-10(16)11(17)7-13(12)19(14)9-2-1-5-20-8-9/h6-7,9H,1-5,8H2. The van der Waals surface area contributed by atoms with Gasteiger partial charge >= 0.3 is 0 Å². The SMILES string of the molecule is ClCCc1nc2cc(Cl)c(Cl)cc2n1C1CCCSC1. The van der Waals surface area contributed by atoms with Gasteiger partial charge in [0.25, 0.3) is 0 Å². The van der Waals surface area contributed by atoms with Crippen LogP contribution in [0.1, 0.15) is 24.7 Å². The maximum atomic E-state index is 6.18. The van der Waals surface area contributed by atoms with Crippen molar-refractivity contribution in [3.05, 3.63) is 28.0 Å². The van der Waals surface area contributed by atoms with E-state index in [2.05, 4.69) is 4.57 Å². The Balaban J connectivity index is 2.14. The first-order valence-electron chi connectivity index (χ1n) is 6.70. The number of alkyl halides is 1. The van der Waals surface area contributed by atoms with Gasteiger partial charge in [0, 0.05) is 24.1 Å². The van der Waals surface area contributed by atoms with Crippen molar-refractivity contribution in [2.75, 3.05) is 17.4 Å². The van der Waals surface area contributed by atoms with Crippen molar-refractivity contribution in [3.63, 3.8) is 0 Å². The Labute approximate surface area is 137 Å². The maximum Gasteiger partial charge on any atom is 0.111 e. The van der Waals surface area contributed by atoms with Crippen LogP contribution in [0.5, 0.6) is 0 Å². The molecule has 20 heavy (non-hydrogen) atoms. The van der Waals surface area contributed by atoms with Gasteiger partial charge in [0.2, 0.25) is 0 Å². The second-order valence-electron chi connectivity index (χ2n) is 4.96. The molecule has 1 fully saturated rings. The lowest BCUT2D eigenvalue weighted by Crippen LogP contribution is -2.18. The lowest BCUT2D eigenvalue weighted by atomic mass is 10.1. The van der Waals surface area contributed by atoms with Crippen LogP contribution in [0.15, 0.2) is 12.1 Å². The van der Waals surface area contributed by atoms with Crippen LogP contribution in [0.25, 0.3) is 11.0 Å². The molecule has 0 spiro atoms. The van der Waals surface area contributed by atoms with E-state index in [0.717, 1.165) is 29.0 Å². The molecule has 0 amide bonds. The van der Waals surface area contributed by atoms with Gasteiger partial charge in [0.1, 0.15) is 5.82 Å². The largest absolute Gasteiger partial charge is 0.324 e. The van der Waals surface area contributed by atoms with E-state index in [0.29, 0.717) is 22.0 Å². The minimum Gasteiger partial charge on any atom is -0.324 e. The molecule has 1 saturated heterocycles. The molecule has 1 aliphatic rings. The van der Waals surface area contributed by atoms with Crippen LogP contribution in [-0.2, 0) is 6.42 Å². The van der Waals surface area contributed by atoms with E-state index in [1.165, 1.54) is 18.6 Å². The van der Waals surface area contributed by atoms with Gasteiger partial charge < -0.3 is 4.57 Å². The summed E-state index contributed by atoms with van der Waals surface area (Å²) < 4.78 is 2.33. The molecule has 1 unspecified atom stereocenters. The number of imidazole rings is 1. The summed E-state index contributed by atoms with van der Waals surface area (Å²) >= 11 is 20.2. The van der Waals surface area contributed by atoms with Crippen LogP contribution in [-0.4, -0.2) is 26.9 Å². The molecule has 0 bridgehead atoms. The fourth-order valence-corrected chi connectivity index (χ4v) is 4.35. The van der Waals surface area contributed by atoms with Gasteiger partial charge in [-0.1, -0.05) is 23.2 Å². The second-order valence-corrected chi connectivity index (χ2v) is 7.31. The van der Waals surface area contributed by atoms with Gasteiger partial charge in [0.05, 0.1) is 21.1 Å². The van der Waals surface area contributed by atoms with Crippen LogP contribution in [0, 0.1) is 0 Å². The molecule has 1 aromatic carbocycles. The Morgan fingerprint density at radius 1 is 1.30 bits per heavy atom. The van der Waals surface area contributed by atoms with Crippen molar-refractivity contribution in [1.82, 2.24) is 9.55 Å². The molecular weight excluding hydrogens is 335 g/mol. The Morgan fingerprint density at radius 3 is 2.80 bits per heavy atom. The average Bonchev–Trinajstić information content (AvgIpc) is 2.78. The van der Waals surface area contributed by atoms with E-state index >= 15 is 0 Å². The van der Waals surface area contributed by atoms with Gasteiger partial charge in [-0.2, -0.15) is 11.8 Å². The predicted octanol–water partition coefficient (Wildman–Crippen LogP) is 5.19. The number of halogens is 3. The van der Waals surface area contributed by atoms with E-state index in [9.17, 15) is 0 Å². The summed E-state index contributed by atoms with van der Waals surface area (Å²) in [5.74, 6) is 3.99. The third-order valence-corrected chi connectivity index (χ3v) is 5.73. The van der Waals surface area contributed by atoms with E-state index in [1.807, 2.05) is 23.9 Å². The number of nitrogens with zero attached hydrogens (tertiary/aromatic N) is 2. The zero-order valence-electron chi connectivity index (χ0n) is 10.9. The van der Waals surface area contributed by atoms with Crippen LogP contribution in [0.3, 0.4) is 0 Å². The van der Waals surface area contributed by atoms with E-state index < -0.39 is 0 Å². The quantitative estimate of drug-likeness (QED) is 0.709. The molecule has 2 heterocycles. The first-order valence-corrected chi connectivity index (χ1v) is 9.15. The molecular formula is C14H15Cl3N2S. The van der Waals surface area contributed by atoms with Gasteiger partial charge in [-0.15, -0.1) is 11.6 Å². The molecule has 0 N–H and O–H groups in total. The average molecular weight is 350 g/mol. The van der Waals surface area contributed by atoms with Gasteiger partial charge in [-0.25, -0.2) is 4.98 Å². The monoisotopic (exact) mass is 348 g/mol. The molecule has 108 valence electrons. The van der Waals surface area contributed by atoms with Gasteiger partial charge in [0.15, 0.2) is 0 Å². The summed E-state index contributed by atoms with van der Waals surface area (Å²) in [6, 6.07) is 4.27. The lowest BCUT2D eigenvalue weighted by molar-refractivity contribution is 0.495. The molecule has 1 aromatic heterocycles. The number of thioether (sulfide) groups is 1. The van der Waals surface area contributed by atoms with Crippen LogP contribution in [0.2, 0.25) is 10.0 Å². The van der Waals surface area contributed by atoms with Crippen LogP contribution >= 0.6 is 46.6 Å². The summed E-state index contributed by atoms with van der Waals surface area (Å²) in [5, 5.41) is 1.14. The normalized spacial score (nSPS) is 19.6. The fourth-order valence-electron chi connectivity index (χ4n) is 2.74. The molecule has 1 atom stereocenters. The highest BCUT2D eigenvalue weighted by atomic mass is 35.5. The summed E-state index contributed by atoms with van der Waals surface area (Å²) in [4.78, 5) is 4.71. The molecule has 0 aliphatic carbocycles. The first-order chi connectivity index (χ1) is 9.70. The summed E-state index contributed by atoms with van der Waals surface area (Å²) in [6.07, 6.45) is 3.21. The second kappa shape index (κ2) is 6.35. The number of fused-ring (bicyclic) bond motifs is 1. The van der Waals surface area contributed by atoms with Crippen LogP contribution in [0.4, 0.5) is 0 Å². The number of hydrogen-bond donors (Lipinski definition) is 0. The molecule has 0 saturated carbocycles. The van der Waals surface area contributed by atoms with Crippen molar-refractivity contribution in [2.24, 2.45) is 0 Å². The highest BCUT2D eigenvalue weighted by molar-refractivity contribution is 7.99. The van der Waals surface area contributed by atoms with Crippen molar-refractivity contribution in [2.45, 2.75) is 25.3 Å². The van der Waals surface area contributed by atoms with E-state index in [-0.39, 0.29) is 0 Å². The number of benzene rings is 1. The Bertz CT molecular complexity index is 620. The molecule has 2 nitrogen and oxygen atoms in total. The van der Waals surface area contributed by atoms with Crippen molar-refractivity contribution >= 4 is 57.6 Å². The third-order valence-electron chi connectivity index (χ3n) is 3.62. The Morgan fingerprint density at radius 2 is 2.10 bits per heavy atom. The van der Waals surface area contributed by atoms with E-state index in [1.54, 1.807) is 0 Å². The van der Waals surface area contributed by atoms with Gasteiger partial charge in [-0.05, 0) is 30.7 Å². The van der Waals surface area contributed by atoms with Crippen LogP contribution < -0.4 is 0 Å². The van der Waals surface area contributed by atoms with Crippen molar-refractivity contribution in [1.29, 1.82) is 0 Å². The third kappa shape index (κ3) is 2.78. The molecule has 3 rings (SSSR count). The molecule has 0 radical (unpaired) electrons. The minimum absolute atomic E-state index is 0.481. The number of rotatable bonds is 3. The Kier molecular flexibility index (Phi) is 4.71. The van der Waals surface area contributed by atoms with Gasteiger partial charge in [-0.3, -0.25) is 0 Å². The van der Waals surface area contributed by atoms with Crippen molar-refractivity contribution < 1.29 is 0 Å². The Hall–Kier alpha value is -0.0900.